The van der Waals surface area contributed by atoms with Crippen LogP contribution < -0.4 is 5.32 Å². The fraction of sp³-hybridized carbons (Fsp3) is 0.714. The standard InChI is InChI=1S/C7H10NOS/c9-7(8-5-10)6-3-1-2-4-6/h6H,1-4H2,(H,8,9,10). The monoisotopic (exact) mass is 156 g/mol. The Morgan fingerprint density at radius 2 is 2.10 bits per heavy atom. The van der Waals surface area contributed by atoms with Crippen LogP contribution in [-0.2, 0) is 4.79 Å². The van der Waals surface area contributed by atoms with Gasteiger partial charge in [0.1, 0.15) is 5.49 Å². The van der Waals surface area contributed by atoms with Crippen LogP contribution >= 0.6 is 12.2 Å². The van der Waals surface area contributed by atoms with E-state index in [0.717, 1.165) is 12.8 Å². The Bertz CT molecular complexity index is 141. The van der Waals surface area contributed by atoms with E-state index in [9.17, 15) is 4.79 Å². The zero-order chi connectivity index (χ0) is 7.40. The van der Waals surface area contributed by atoms with E-state index in [2.05, 4.69) is 23.0 Å². The minimum Gasteiger partial charge on any atom is -0.314 e. The second-order valence-corrected chi connectivity index (χ2v) is 2.78. The molecule has 0 aromatic carbocycles. The van der Waals surface area contributed by atoms with Gasteiger partial charge in [-0.25, -0.2) is 0 Å². The number of amides is 1. The maximum atomic E-state index is 11.0. The molecule has 1 saturated carbocycles. The molecule has 0 unspecified atom stereocenters. The van der Waals surface area contributed by atoms with Crippen LogP contribution in [0.5, 0.6) is 0 Å². The van der Waals surface area contributed by atoms with Crippen molar-refractivity contribution < 1.29 is 4.79 Å². The zero-order valence-corrected chi connectivity index (χ0v) is 6.54. The molecule has 1 rings (SSSR count). The summed E-state index contributed by atoms with van der Waals surface area (Å²) < 4.78 is 0. The van der Waals surface area contributed by atoms with Crippen molar-refractivity contribution >= 4 is 23.6 Å². The zero-order valence-electron chi connectivity index (χ0n) is 5.72. The minimum atomic E-state index is 0.0486. The van der Waals surface area contributed by atoms with Crippen LogP contribution in [0, 0.1) is 5.92 Å². The normalized spacial score (nSPS) is 18.8. The summed E-state index contributed by atoms with van der Waals surface area (Å²) in [7, 11) is 0. The number of hydrogen-bond acceptors (Lipinski definition) is 2. The molecule has 55 valence electrons. The van der Waals surface area contributed by atoms with Crippen molar-refractivity contribution in [2.75, 3.05) is 0 Å². The summed E-state index contributed by atoms with van der Waals surface area (Å²) in [5.74, 6) is 0.253. The first-order valence-corrected chi connectivity index (χ1v) is 3.92. The van der Waals surface area contributed by atoms with Crippen LogP contribution in [0.2, 0.25) is 0 Å². The molecule has 1 aliphatic carbocycles. The maximum Gasteiger partial charge on any atom is 0.228 e. The van der Waals surface area contributed by atoms with Gasteiger partial charge < -0.3 is 5.32 Å². The molecule has 0 aliphatic heterocycles. The van der Waals surface area contributed by atoms with E-state index in [-0.39, 0.29) is 11.8 Å². The molecule has 1 N–H and O–H groups in total. The van der Waals surface area contributed by atoms with Gasteiger partial charge in [-0.2, -0.15) is 0 Å². The smallest absolute Gasteiger partial charge is 0.228 e. The lowest BCUT2D eigenvalue weighted by atomic mass is 10.1. The Balaban J connectivity index is 2.32. The van der Waals surface area contributed by atoms with Gasteiger partial charge in [0.2, 0.25) is 5.91 Å². The summed E-state index contributed by atoms with van der Waals surface area (Å²) in [6, 6.07) is 0. The SMILES string of the molecule is O=C(N[C]=S)C1CCCC1. The molecular weight excluding hydrogens is 146 g/mol. The van der Waals surface area contributed by atoms with Crippen molar-refractivity contribution in [1.82, 2.24) is 5.32 Å². The number of hydrogen-bond donors (Lipinski definition) is 1. The first kappa shape index (κ1) is 7.66. The fourth-order valence-corrected chi connectivity index (χ4v) is 1.44. The molecule has 0 saturated heterocycles. The highest BCUT2D eigenvalue weighted by molar-refractivity contribution is 7.78. The Morgan fingerprint density at radius 1 is 1.50 bits per heavy atom. The summed E-state index contributed by atoms with van der Waals surface area (Å²) in [5, 5.41) is 2.41. The van der Waals surface area contributed by atoms with Gasteiger partial charge in [0, 0.05) is 5.92 Å². The van der Waals surface area contributed by atoms with Crippen LogP contribution in [0.4, 0.5) is 0 Å². The van der Waals surface area contributed by atoms with Gasteiger partial charge in [0.25, 0.3) is 0 Å². The van der Waals surface area contributed by atoms with E-state index in [1.165, 1.54) is 12.8 Å². The van der Waals surface area contributed by atoms with Crippen molar-refractivity contribution in [2.45, 2.75) is 25.7 Å². The van der Waals surface area contributed by atoms with E-state index in [1.54, 1.807) is 0 Å². The van der Waals surface area contributed by atoms with Crippen LogP contribution in [0.1, 0.15) is 25.7 Å². The third-order valence-corrected chi connectivity index (χ3v) is 2.00. The summed E-state index contributed by atoms with van der Waals surface area (Å²) >= 11 is 4.38. The second-order valence-electron chi connectivity index (χ2n) is 2.57. The van der Waals surface area contributed by atoms with Crippen molar-refractivity contribution in [2.24, 2.45) is 5.92 Å². The topological polar surface area (TPSA) is 29.1 Å². The summed E-state index contributed by atoms with van der Waals surface area (Å²) in [5.41, 5.74) is 2.23. The number of nitrogens with one attached hydrogen (secondary N) is 1. The quantitative estimate of drug-likeness (QED) is 0.479. The van der Waals surface area contributed by atoms with Crippen molar-refractivity contribution in [3.63, 3.8) is 0 Å². The summed E-state index contributed by atoms with van der Waals surface area (Å²) in [4.78, 5) is 11.0. The van der Waals surface area contributed by atoms with Gasteiger partial charge in [-0.1, -0.05) is 25.1 Å². The molecule has 0 heterocycles. The van der Waals surface area contributed by atoms with E-state index in [1.807, 2.05) is 0 Å². The molecule has 1 amide bonds. The highest BCUT2D eigenvalue weighted by Gasteiger charge is 2.21. The molecule has 0 spiro atoms. The Morgan fingerprint density at radius 3 is 2.60 bits per heavy atom. The lowest BCUT2D eigenvalue weighted by Crippen LogP contribution is -2.26. The van der Waals surface area contributed by atoms with Gasteiger partial charge in [0.15, 0.2) is 0 Å². The van der Waals surface area contributed by atoms with E-state index < -0.39 is 0 Å². The van der Waals surface area contributed by atoms with Crippen molar-refractivity contribution in [3.05, 3.63) is 0 Å². The fourth-order valence-electron chi connectivity index (χ4n) is 1.34. The largest absolute Gasteiger partial charge is 0.314 e. The lowest BCUT2D eigenvalue weighted by Gasteiger charge is -2.04. The van der Waals surface area contributed by atoms with Crippen LogP contribution in [-0.4, -0.2) is 11.4 Å². The van der Waals surface area contributed by atoms with Gasteiger partial charge in [-0.3, -0.25) is 4.79 Å². The predicted molar refractivity (Wildman–Crippen MR) is 42.7 cm³/mol. The van der Waals surface area contributed by atoms with E-state index in [0.29, 0.717) is 0 Å². The Hall–Kier alpha value is -0.440. The molecule has 1 aliphatic rings. The molecule has 10 heavy (non-hydrogen) atoms. The number of rotatable bonds is 2. The van der Waals surface area contributed by atoms with Gasteiger partial charge in [-0.15, -0.1) is 0 Å². The molecule has 0 aromatic heterocycles. The third kappa shape index (κ3) is 1.77. The number of carbonyl (C=O) groups excluding carboxylic acids is 1. The van der Waals surface area contributed by atoms with Crippen molar-refractivity contribution in [3.8, 4) is 0 Å². The Labute approximate surface area is 66.0 Å². The van der Waals surface area contributed by atoms with Gasteiger partial charge >= 0.3 is 0 Å². The van der Waals surface area contributed by atoms with Crippen LogP contribution in [0.25, 0.3) is 0 Å². The summed E-state index contributed by atoms with van der Waals surface area (Å²) in [6.45, 7) is 0. The molecule has 0 bridgehead atoms. The molecule has 1 radical (unpaired) electrons. The lowest BCUT2D eigenvalue weighted by molar-refractivity contribution is -0.123. The molecule has 1 fully saturated rings. The highest BCUT2D eigenvalue weighted by Crippen LogP contribution is 2.24. The Kier molecular flexibility index (Phi) is 2.81. The van der Waals surface area contributed by atoms with E-state index in [4.69, 9.17) is 0 Å². The molecule has 0 aromatic rings. The average molecular weight is 156 g/mol. The highest BCUT2D eigenvalue weighted by atomic mass is 32.1. The van der Waals surface area contributed by atoms with E-state index >= 15 is 0 Å². The summed E-state index contributed by atoms with van der Waals surface area (Å²) in [6.07, 6.45) is 4.39. The molecule has 3 heteroatoms. The first-order chi connectivity index (χ1) is 4.84. The minimum absolute atomic E-state index is 0.0486. The van der Waals surface area contributed by atoms with Crippen LogP contribution in [0.3, 0.4) is 0 Å². The number of thiocarbonyl (C=S) groups is 1. The molecular formula is C7H10NOS. The average Bonchev–Trinajstić information content (AvgIpc) is 2.38. The molecule has 0 atom stereocenters. The predicted octanol–water partition coefficient (Wildman–Crippen LogP) is 1.13. The van der Waals surface area contributed by atoms with Crippen LogP contribution in [0.15, 0.2) is 0 Å². The van der Waals surface area contributed by atoms with Crippen molar-refractivity contribution in [1.29, 1.82) is 0 Å². The maximum absolute atomic E-state index is 11.0. The van der Waals surface area contributed by atoms with Gasteiger partial charge in [0.05, 0.1) is 0 Å². The van der Waals surface area contributed by atoms with Gasteiger partial charge in [-0.05, 0) is 12.8 Å². The number of carbonyl (C=O) groups is 1. The first-order valence-electron chi connectivity index (χ1n) is 3.51. The second kappa shape index (κ2) is 3.66. The third-order valence-electron chi connectivity index (χ3n) is 1.90. The molecule has 2 nitrogen and oxygen atoms in total.